The van der Waals surface area contributed by atoms with Crippen LogP contribution < -0.4 is 14.4 Å². The highest BCUT2D eigenvalue weighted by molar-refractivity contribution is 6.03. The van der Waals surface area contributed by atoms with E-state index in [0.717, 1.165) is 32.2 Å². The van der Waals surface area contributed by atoms with Gasteiger partial charge in [-0.3, -0.25) is 9.78 Å². The van der Waals surface area contributed by atoms with Crippen LogP contribution in [0.2, 0.25) is 0 Å². The average Bonchev–Trinajstić information content (AvgIpc) is 3.64. The van der Waals surface area contributed by atoms with Crippen LogP contribution in [0.25, 0.3) is 32.9 Å². The van der Waals surface area contributed by atoms with Crippen molar-refractivity contribution in [2.75, 3.05) is 38.2 Å². The van der Waals surface area contributed by atoms with Crippen molar-refractivity contribution in [2.45, 2.75) is 63.8 Å². The Morgan fingerprint density at radius 3 is 2.57 bits per heavy atom. The molecule has 5 heterocycles. The number of rotatable bonds is 8. The number of fused-ring (bicyclic) bond motifs is 4. The molecule has 4 aromatic rings. The standard InChI is InChI=1S/C38H38F2N6O5/c1-6-27-30(39)13-10-22-15-26(51-38(48)50-21(3)4)16-28(32(22)27)34-33(40)35-29(17-41-34)36(43-37(42-35)49-20-25-9-8-14-44(25)5)45-18-23-11-12-24(19-45)46(23)31(47)7-2/h1,7,10,13,15-17,21,23-25H,2,8-9,11-12,14,18-20H2,3-5H3/t23-,24+,25-/m0/s1. The number of benzene rings is 2. The molecule has 7 rings (SSSR count). The van der Waals surface area contributed by atoms with Crippen LogP contribution in [0.15, 0.2) is 43.1 Å². The van der Waals surface area contributed by atoms with Crippen LogP contribution in [0.5, 0.6) is 11.8 Å². The van der Waals surface area contributed by atoms with Gasteiger partial charge in [0.15, 0.2) is 5.82 Å². The van der Waals surface area contributed by atoms with Gasteiger partial charge >= 0.3 is 12.2 Å². The van der Waals surface area contributed by atoms with Gasteiger partial charge in [0.25, 0.3) is 0 Å². The van der Waals surface area contributed by atoms with Crippen LogP contribution in [0, 0.1) is 24.0 Å². The molecule has 0 spiro atoms. The number of carbonyl (C=O) groups excluding carboxylic acids is 2. The lowest BCUT2D eigenvalue weighted by molar-refractivity contribution is -0.129. The van der Waals surface area contributed by atoms with Gasteiger partial charge in [0, 0.05) is 48.4 Å². The highest BCUT2D eigenvalue weighted by Gasteiger charge is 2.43. The fourth-order valence-electron chi connectivity index (χ4n) is 7.53. The molecule has 2 aromatic carbocycles. The number of likely N-dealkylation sites (tertiary alicyclic amines) is 1. The Bertz CT molecular complexity index is 2090. The first kappa shape index (κ1) is 34.1. The Morgan fingerprint density at radius 1 is 1.14 bits per heavy atom. The number of pyridine rings is 1. The first-order valence-electron chi connectivity index (χ1n) is 17.1. The van der Waals surface area contributed by atoms with Gasteiger partial charge in [0.1, 0.15) is 35.2 Å². The van der Waals surface area contributed by atoms with Crippen LogP contribution in [0.4, 0.5) is 19.4 Å². The summed E-state index contributed by atoms with van der Waals surface area (Å²) in [4.78, 5) is 45.2. The first-order valence-corrected chi connectivity index (χ1v) is 17.1. The zero-order valence-corrected chi connectivity index (χ0v) is 28.7. The smallest absolute Gasteiger partial charge is 0.462 e. The SMILES string of the molecule is C#Cc1c(F)ccc2cc(OC(=O)OC(C)C)cc(-c3ncc4c(N5C[C@H]6CC[C@@H](C5)N6C(=O)C=C)nc(OC[C@@H]5CCCN5C)nc4c3F)c12. The van der Waals surface area contributed by atoms with Crippen LogP contribution in [-0.4, -0.2) is 94.3 Å². The van der Waals surface area contributed by atoms with E-state index in [9.17, 15) is 9.59 Å². The molecule has 3 atom stereocenters. The van der Waals surface area contributed by atoms with Crippen molar-refractivity contribution < 1.29 is 32.6 Å². The second-order valence-electron chi connectivity index (χ2n) is 13.5. The molecule has 3 saturated heterocycles. The molecule has 1 amide bonds. The number of hydrogen-bond acceptors (Lipinski definition) is 10. The lowest BCUT2D eigenvalue weighted by Crippen LogP contribution is -2.55. The van der Waals surface area contributed by atoms with Crippen molar-refractivity contribution in [2.24, 2.45) is 0 Å². The number of nitrogens with zero attached hydrogens (tertiary/aromatic N) is 6. The van der Waals surface area contributed by atoms with E-state index in [1.54, 1.807) is 13.8 Å². The van der Waals surface area contributed by atoms with Crippen molar-refractivity contribution in [1.29, 1.82) is 0 Å². The third-order valence-corrected chi connectivity index (χ3v) is 9.90. The average molecular weight is 697 g/mol. The summed E-state index contributed by atoms with van der Waals surface area (Å²) in [6.45, 7) is 9.23. The Labute approximate surface area is 294 Å². The lowest BCUT2D eigenvalue weighted by atomic mass is 9.95. The third kappa shape index (κ3) is 6.40. The van der Waals surface area contributed by atoms with Gasteiger partial charge in [0.05, 0.1) is 17.1 Å². The largest absolute Gasteiger partial charge is 0.514 e. The molecule has 0 saturated carbocycles. The summed E-state index contributed by atoms with van der Waals surface area (Å²) in [6, 6.07) is 5.56. The molecule has 0 aliphatic carbocycles. The minimum Gasteiger partial charge on any atom is -0.462 e. The Balaban J connectivity index is 1.37. The van der Waals surface area contributed by atoms with Gasteiger partial charge in [-0.25, -0.2) is 13.6 Å². The van der Waals surface area contributed by atoms with Crippen molar-refractivity contribution in [3.05, 3.63) is 60.3 Å². The van der Waals surface area contributed by atoms with Gasteiger partial charge in [0.2, 0.25) is 5.91 Å². The fourth-order valence-corrected chi connectivity index (χ4v) is 7.53. The predicted molar refractivity (Wildman–Crippen MR) is 188 cm³/mol. The molecule has 0 N–H and O–H groups in total. The number of aromatic nitrogens is 3. The van der Waals surface area contributed by atoms with E-state index in [1.165, 1.54) is 36.5 Å². The lowest BCUT2D eigenvalue weighted by Gasteiger charge is -2.41. The number of likely N-dealkylation sites (N-methyl/N-ethyl adjacent to an activating group) is 1. The second-order valence-corrected chi connectivity index (χ2v) is 13.5. The van der Waals surface area contributed by atoms with Crippen LogP contribution in [0.3, 0.4) is 0 Å². The summed E-state index contributed by atoms with van der Waals surface area (Å²) in [6.07, 6.45) is 10.8. The van der Waals surface area contributed by atoms with E-state index < -0.39 is 23.9 Å². The maximum absolute atomic E-state index is 17.1. The Kier molecular flexibility index (Phi) is 9.20. The minimum absolute atomic E-state index is 0.000439. The van der Waals surface area contributed by atoms with E-state index in [1.807, 2.05) is 16.8 Å². The van der Waals surface area contributed by atoms with Gasteiger partial charge in [-0.1, -0.05) is 18.6 Å². The molecule has 3 aliphatic rings. The predicted octanol–water partition coefficient (Wildman–Crippen LogP) is 5.87. The van der Waals surface area contributed by atoms with Gasteiger partial charge < -0.3 is 28.9 Å². The molecular formula is C38H38F2N6O5. The topological polar surface area (TPSA) is 110 Å². The third-order valence-electron chi connectivity index (χ3n) is 9.90. The highest BCUT2D eigenvalue weighted by Crippen LogP contribution is 2.40. The normalized spacial score (nSPS) is 20.2. The summed E-state index contributed by atoms with van der Waals surface area (Å²) in [7, 11) is 2.03. The molecule has 3 aliphatic heterocycles. The highest BCUT2D eigenvalue weighted by atomic mass is 19.1. The van der Waals surface area contributed by atoms with Crippen molar-refractivity contribution in [3.63, 3.8) is 0 Å². The molecule has 2 aromatic heterocycles. The van der Waals surface area contributed by atoms with E-state index in [-0.39, 0.29) is 63.5 Å². The summed E-state index contributed by atoms with van der Waals surface area (Å²) >= 11 is 0. The molecule has 0 radical (unpaired) electrons. The molecule has 2 bridgehead atoms. The summed E-state index contributed by atoms with van der Waals surface area (Å²) in [5.41, 5.74) is -0.258. The second kappa shape index (κ2) is 13.8. The minimum atomic E-state index is -0.961. The molecular weight excluding hydrogens is 658 g/mol. The van der Waals surface area contributed by atoms with Gasteiger partial charge in [-0.05, 0) is 82.8 Å². The van der Waals surface area contributed by atoms with E-state index >= 15 is 8.78 Å². The quantitative estimate of drug-likeness (QED) is 0.0961. The zero-order valence-electron chi connectivity index (χ0n) is 28.7. The number of anilines is 1. The monoisotopic (exact) mass is 696 g/mol. The van der Waals surface area contributed by atoms with Crippen LogP contribution in [-0.2, 0) is 9.53 Å². The Hall–Kier alpha value is -5.35. The van der Waals surface area contributed by atoms with E-state index in [2.05, 4.69) is 27.4 Å². The van der Waals surface area contributed by atoms with Crippen LogP contribution in [0.1, 0.15) is 45.1 Å². The summed E-state index contributed by atoms with van der Waals surface area (Å²) in [5, 5.41) is 0.943. The van der Waals surface area contributed by atoms with E-state index in [4.69, 9.17) is 25.6 Å². The number of carbonyl (C=O) groups is 2. The van der Waals surface area contributed by atoms with Crippen molar-refractivity contribution in [1.82, 2.24) is 24.8 Å². The fraction of sp³-hybridized carbons (Fsp3) is 0.395. The maximum Gasteiger partial charge on any atom is 0.514 e. The van der Waals surface area contributed by atoms with Gasteiger partial charge in [-0.15, -0.1) is 6.42 Å². The number of terminal acetylenes is 1. The zero-order chi connectivity index (χ0) is 36.0. The molecule has 3 fully saturated rings. The summed E-state index contributed by atoms with van der Waals surface area (Å²) < 4.78 is 49.0. The number of piperazine rings is 1. The molecule has 0 unspecified atom stereocenters. The molecule has 264 valence electrons. The number of hydrogen-bond donors (Lipinski definition) is 0. The molecule has 11 nitrogen and oxygen atoms in total. The van der Waals surface area contributed by atoms with Crippen LogP contribution >= 0.6 is 0 Å². The molecule has 13 heteroatoms. The van der Waals surface area contributed by atoms with Crippen molar-refractivity contribution in [3.8, 4) is 35.4 Å². The van der Waals surface area contributed by atoms with E-state index in [0.29, 0.717) is 36.3 Å². The number of halogens is 2. The van der Waals surface area contributed by atoms with Crippen molar-refractivity contribution >= 4 is 39.6 Å². The number of ether oxygens (including phenoxy) is 3. The molecule has 51 heavy (non-hydrogen) atoms. The van der Waals surface area contributed by atoms with Gasteiger partial charge in [-0.2, -0.15) is 9.97 Å². The summed E-state index contributed by atoms with van der Waals surface area (Å²) in [5.74, 6) is 1.22. The number of amides is 1. The maximum atomic E-state index is 17.1. The Morgan fingerprint density at radius 2 is 1.90 bits per heavy atom. The first-order chi connectivity index (χ1) is 24.6.